The summed E-state index contributed by atoms with van der Waals surface area (Å²) in [5, 5.41) is 2.54. The van der Waals surface area contributed by atoms with Crippen molar-refractivity contribution in [3.63, 3.8) is 0 Å². The molecule has 0 unspecified atom stereocenters. The molecule has 0 saturated carbocycles. The Morgan fingerprint density at radius 2 is 2.21 bits per heavy atom. The number of nitrogens with zero attached hydrogens (tertiary/aromatic N) is 1. The maximum absolute atomic E-state index is 11.7. The molecule has 0 spiro atoms. The van der Waals surface area contributed by atoms with E-state index in [2.05, 4.69) is 10.3 Å². The molecular formula is C12H16N4O3. The minimum atomic E-state index is -0.639. The zero-order chi connectivity index (χ0) is 14.1. The molecule has 1 aromatic heterocycles. The molecule has 102 valence electrons. The molecule has 19 heavy (non-hydrogen) atoms. The Kier molecular flexibility index (Phi) is 6.17. The number of nitrogens with two attached hydrogens (primary N) is 1. The van der Waals surface area contributed by atoms with Crippen molar-refractivity contribution in [2.24, 2.45) is 5.84 Å². The van der Waals surface area contributed by atoms with Gasteiger partial charge in [0.05, 0.1) is 6.04 Å². The molecule has 0 aliphatic heterocycles. The second-order valence-corrected chi connectivity index (χ2v) is 3.89. The molecular weight excluding hydrogens is 248 g/mol. The normalized spacial score (nSPS) is 11.4. The van der Waals surface area contributed by atoms with Crippen LogP contribution in [0.15, 0.2) is 24.4 Å². The smallest absolute Gasteiger partial charge is 0.270 e. The van der Waals surface area contributed by atoms with Gasteiger partial charge < -0.3 is 10.1 Å². The van der Waals surface area contributed by atoms with Crippen LogP contribution >= 0.6 is 0 Å². The zero-order valence-electron chi connectivity index (χ0n) is 10.3. The number of amides is 2. The Morgan fingerprint density at radius 3 is 2.79 bits per heavy atom. The average Bonchev–Trinajstić information content (AvgIpc) is 2.46. The fourth-order valence-corrected chi connectivity index (χ4v) is 1.47. The maximum Gasteiger partial charge on any atom is 0.270 e. The molecule has 0 aromatic carbocycles. The molecule has 0 saturated heterocycles. The van der Waals surface area contributed by atoms with E-state index >= 15 is 0 Å². The minimum Gasteiger partial charge on any atom is -0.341 e. The quantitative estimate of drug-likeness (QED) is 0.267. The van der Waals surface area contributed by atoms with E-state index in [0.717, 1.165) is 0 Å². The third-order valence-electron chi connectivity index (χ3n) is 2.46. The Balaban J connectivity index is 2.42. The van der Waals surface area contributed by atoms with E-state index in [1.165, 1.54) is 6.20 Å². The van der Waals surface area contributed by atoms with Gasteiger partial charge in [-0.05, 0) is 25.0 Å². The van der Waals surface area contributed by atoms with Crippen molar-refractivity contribution in [1.82, 2.24) is 15.7 Å². The Hall–Kier alpha value is -2.28. The molecule has 0 fully saturated rings. The zero-order valence-corrected chi connectivity index (χ0v) is 10.3. The number of hydrogen-bond donors (Lipinski definition) is 3. The van der Waals surface area contributed by atoms with Crippen LogP contribution in [0.5, 0.6) is 0 Å². The van der Waals surface area contributed by atoms with E-state index in [1.54, 1.807) is 18.2 Å². The molecule has 4 N–H and O–H groups in total. The fraction of sp³-hybridized carbons (Fsp3) is 0.333. The lowest BCUT2D eigenvalue weighted by Gasteiger charge is -2.11. The molecule has 1 atom stereocenters. The monoisotopic (exact) mass is 264 g/mol. The van der Waals surface area contributed by atoms with Gasteiger partial charge in [-0.15, -0.1) is 0 Å². The van der Waals surface area contributed by atoms with Gasteiger partial charge in [0.1, 0.15) is 12.0 Å². The first-order chi connectivity index (χ1) is 9.17. The summed E-state index contributed by atoms with van der Waals surface area (Å²) in [6.45, 7) is 0. The highest BCUT2D eigenvalue weighted by molar-refractivity contribution is 5.93. The lowest BCUT2D eigenvalue weighted by molar-refractivity contribution is -0.121. The van der Waals surface area contributed by atoms with Crippen LogP contribution in [0.4, 0.5) is 0 Å². The summed E-state index contributed by atoms with van der Waals surface area (Å²) in [5.74, 6) is 4.21. The van der Waals surface area contributed by atoms with Crippen molar-refractivity contribution in [1.29, 1.82) is 0 Å². The van der Waals surface area contributed by atoms with Crippen LogP contribution in [0.3, 0.4) is 0 Å². The molecule has 0 radical (unpaired) electrons. The number of carbonyl (C=O) groups excluding carboxylic acids is 3. The van der Waals surface area contributed by atoms with Gasteiger partial charge >= 0.3 is 0 Å². The highest BCUT2D eigenvalue weighted by Gasteiger charge is 2.13. The van der Waals surface area contributed by atoms with Crippen molar-refractivity contribution in [3.8, 4) is 0 Å². The van der Waals surface area contributed by atoms with Gasteiger partial charge in [-0.1, -0.05) is 6.07 Å². The van der Waals surface area contributed by atoms with E-state index in [-0.39, 0.29) is 18.0 Å². The molecule has 1 heterocycles. The summed E-state index contributed by atoms with van der Waals surface area (Å²) in [4.78, 5) is 37.4. The van der Waals surface area contributed by atoms with Gasteiger partial charge in [-0.25, -0.2) is 5.84 Å². The van der Waals surface area contributed by atoms with Gasteiger partial charge in [0.25, 0.3) is 5.91 Å². The second kappa shape index (κ2) is 7.93. The van der Waals surface area contributed by atoms with Crippen LogP contribution in [0.25, 0.3) is 0 Å². The van der Waals surface area contributed by atoms with Crippen LogP contribution in [-0.2, 0) is 9.59 Å². The van der Waals surface area contributed by atoms with E-state index in [9.17, 15) is 14.4 Å². The third kappa shape index (κ3) is 5.26. The van der Waals surface area contributed by atoms with E-state index < -0.39 is 11.9 Å². The van der Waals surface area contributed by atoms with Crippen LogP contribution in [0.2, 0.25) is 0 Å². The van der Waals surface area contributed by atoms with E-state index in [1.807, 2.05) is 5.43 Å². The van der Waals surface area contributed by atoms with Gasteiger partial charge in [-0.3, -0.25) is 20.0 Å². The van der Waals surface area contributed by atoms with Crippen LogP contribution in [0.1, 0.15) is 29.8 Å². The number of aromatic nitrogens is 1. The molecule has 7 nitrogen and oxygen atoms in total. The van der Waals surface area contributed by atoms with Crippen molar-refractivity contribution < 1.29 is 14.4 Å². The first-order valence-corrected chi connectivity index (χ1v) is 5.84. The number of nitrogens with one attached hydrogen (secondary N) is 2. The number of pyridine rings is 1. The number of hydrazine groups is 1. The number of carbonyl (C=O) groups is 3. The van der Waals surface area contributed by atoms with Crippen LogP contribution in [-0.4, -0.2) is 29.1 Å². The van der Waals surface area contributed by atoms with Crippen molar-refractivity contribution in [2.45, 2.75) is 25.3 Å². The molecule has 1 rings (SSSR count). The lowest BCUT2D eigenvalue weighted by atomic mass is 10.1. The second-order valence-electron chi connectivity index (χ2n) is 3.89. The molecule has 0 aliphatic rings. The molecule has 2 amide bonds. The SMILES string of the molecule is NNC(=O)CCC[C@@H](C=O)NC(=O)c1ccccn1. The number of aldehydes is 1. The maximum atomic E-state index is 11.7. The summed E-state index contributed by atoms with van der Waals surface area (Å²) >= 11 is 0. The highest BCUT2D eigenvalue weighted by Crippen LogP contribution is 2.01. The summed E-state index contributed by atoms with van der Waals surface area (Å²) in [6.07, 6.45) is 3.17. The van der Waals surface area contributed by atoms with Crippen molar-refractivity contribution >= 4 is 18.1 Å². The lowest BCUT2D eigenvalue weighted by Crippen LogP contribution is -2.37. The third-order valence-corrected chi connectivity index (χ3v) is 2.46. The molecule has 7 heteroatoms. The summed E-state index contributed by atoms with van der Waals surface area (Å²) in [6, 6.07) is 4.29. The molecule has 0 bridgehead atoms. The topological polar surface area (TPSA) is 114 Å². The summed E-state index contributed by atoms with van der Waals surface area (Å²) in [7, 11) is 0. The predicted octanol–water partition coefficient (Wildman–Crippen LogP) is -0.461. The largest absolute Gasteiger partial charge is 0.341 e. The van der Waals surface area contributed by atoms with Crippen LogP contribution in [0, 0.1) is 0 Å². The van der Waals surface area contributed by atoms with E-state index in [0.29, 0.717) is 19.1 Å². The minimum absolute atomic E-state index is 0.209. The van der Waals surface area contributed by atoms with Gasteiger partial charge in [0, 0.05) is 12.6 Å². The highest BCUT2D eigenvalue weighted by atomic mass is 16.2. The Morgan fingerprint density at radius 1 is 1.42 bits per heavy atom. The fourth-order valence-electron chi connectivity index (χ4n) is 1.47. The standard InChI is InChI=1S/C12H16N4O3/c13-16-11(18)6-3-4-9(8-17)15-12(19)10-5-1-2-7-14-10/h1-2,5,7-9H,3-4,6,13H2,(H,15,19)(H,16,18)/t9-/m0/s1. The predicted molar refractivity (Wildman–Crippen MR) is 67.7 cm³/mol. The van der Waals surface area contributed by atoms with Gasteiger partial charge in [0.2, 0.25) is 5.91 Å². The van der Waals surface area contributed by atoms with Gasteiger partial charge in [0.15, 0.2) is 0 Å². The van der Waals surface area contributed by atoms with E-state index in [4.69, 9.17) is 5.84 Å². The molecule has 0 aliphatic carbocycles. The number of hydrogen-bond acceptors (Lipinski definition) is 5. The Labute approximate surface area is 110 Å². The van der Waals surface area contributed by atoms with Crippen molar-refractivity contribution in [3.05, 3.63) is 30.1 Å². The summed E-state index contributed by atoms with van der Waals surface area (Å²) < 4.78 is 0. The van der Waals surface area contributed by atoms with Crippen molar-refractivity contribution in [2.75, 3.05) is 0 Å². The Bertz CT molecular complexity index is 436. The number of rotatable bonds is 7. The molecule has 1 aromatic rings. The average molecular weight is 264 g/mol. The van der Waals surface area contributed by atoms with Crippen LogP contribution < -0.4 is 16.6 Å². The first kappa shape index (κ1) is 14.8. The first-order valence-electron chi connectivity index (χ1n) is 5.84. The van der Waals surface area contributed by atoms with Gasteiger partial charge in [-0.2, -0.15) is 0 Å². The summed E-state index contributed by atoms with van der Waals surface area (Å²) in [5.41, 5.74) is 2.24.